The van der Waals surface area contributed by atoms with Gasteiger partial charge in [-0.1, -0.05) is 6.92 Å². The van der Waals surface area contributed by atoms with Crippen LogP contribution in [0.25, 0.3) is 0 Å². The topological polar surface area (TPSA) is 26.3 Å². The fourth-order valence-electron chi connectivity index (χ4n) is 2.06. The number of halogens is 13. The van der Waals surface area contributed by atoms with Crippen LogP contribution in [0.3, 0.4) is 0 Å². The van der Waals surface area contributed by atoms with Crippen molar-refractivity contribution in [2.45, 2.75) is 68.6 Å². The fraction of sp³-hybridized carbons (Fsp3) is 0.923. The second-order valence-electron chi connectivity index (χ2n) is 6.67. The Hall–Kier alpha value is -1.44. The Bertz CT molecular complexity index is 623. The zero-order valence-corrected chi connectivity index (χ0v) is 13.9. The molecule has 1 aliphatic rings. The summed E-state index contributed by atoms with van der Waals surface area (Å²) in [6.45, 7) is 2.56. The van der Waals surface area contributed by atoms with Crippen LogP contribution in [0.15, 0.2) is 0 Å². The minimum absolute atomic E-state index is 0.474. The lowest BCUT2D eigenvalue weighted by atomic mass is 9.71. The summed E-state index contributed by atoms with van der Waals surface area (Å²) in [6, 6.07) is 0. The van der Waals surface area contributed by atoms with Crippen LogP contribution < -0.4 is 0 Å². The molecule has 0 bridgehead atoms. The average Bonchev–Trinajstić information content (AvgIpc) is 2.51. The van der Waals surface area contributed by atoms with Gasteiger partial charge in [0.15, 0.2) is 0 Å². The number of hydrogen-bond donors (Lipinski definition) is 0. The molecule has 0 aromatic heterocycles. The van der Waals surface area contributed by atoms with Gasteiger partial charge in [-0.25, -0.2) is 4.39 Å². The minimum Gasteiger partial charge on any atom is -0.398 e. The monoisotopic (exact) mass is 446 g/mol. The fourth-order valence-corrected chi connectivity index (χ4v) is 2.06. The van der Waals surface area contributed by atoms with Gasteiger partial charge in [0.05, 0.1) is 5.41 Å². The molecule has 2 nitrogen and oxygen atoms in total. The quantitative estimate of drug-likeness (QED) is 0.424. The zero-order valence-electron chi connectivity index (χ0n) is 13.9. The minimum atomic E-state index is -7.81. The van der Waals surface area contributed by atoms with E-state index in [0.29, 0.717) is 0 Å². The van der Waals surface area contributed by atoms with Gasteiger partial charge in [0.1, 0.15) is 0 Å². The summed E-state index contributed by atoms with van der Waals surface area (Å²) in [5.41, 5.74) is -9.87. The van der Waals surface area contributed by atoms with Gasteiger partial charge in [0.25, 0.3) is 0 Å². The number of hydrogen-bond acceptors (Lipinski definition) is 2. The Balaban J connectivity index is 3.80. The Kier molecular flexibility index (Phi) is 5.09. The van der Waals surface area contributed by atoms with Gasteiger partial charge < -0.3 is 4.74 Å². The predicted molar refractivity (Wildman–Crippen MR) is 63.7 cm³/mol. The lowest BCUT2D eigenvalue weighted by molar-refractivity contribution is -0.522. The van der Waals surface area contributed by atoms with Crippen molar-refractivity contribution in [1.29, 1.82) is 0 Å². The molecule has 1 aliphatic carbocycles. The third kappa shape index (κ3) is 2.39. The molecule has 28 heavy (non-hydrogen) atoms. The lowest BCUT2D eigenvalue weighted by Crippen LogP contribution is -2.87. The van der Waals surface area contributed by atoms with Crippen LogP contribution in [0.2, 0.25) is 0 Å². The molecule has 1 saturated carbocycles. The summed E-state index contributed by atoms with van der Waals surface area (Å²) in [4.78, 5) is 11.5. The summed E-state index contributed by atoms with van der Waals surface area (Å²) in [6.07, 6.45) is -7.55. The molecular weight excluding hydrogens is 435 g/mol. The first-order chi connectivity index (χ1) is 11.9. The van der Waals surface area contributed by atoms with Crippen molar-refractivity contribution < 1.29 is 66.6 Å². The number of esters is 1. The molecular formula is C13H11F13O2. The van der Waals surface area contributed by atoms with Crippen LogP contribution in [-0.4, -0.2) is 47.4 Å². The molecule has 0 aromatic carbocycles. The van der Waals surface area contributed by atoms with E-state index in [4.69, 9.17) is 0 Å². The molecule has 0 atom stereocenters. The van der Waals surface area contributed by atoms with E-state index >= 15 is 0 Å². The Morgan fingerprint density at radius 3 is 1.29 bits per heavy atom. The Morgan fingerprint density at radius 1 is 0.714 bits per heavy atom. The van der Waals surface area contributed by atoms with E-state index in [1.807, 2.05) is 0 Å². The smallest absolute Gasteiger partial charge is 0.398 e. The van der Waals surface area contributed by atoms with Gasteiger partial charge in [-0.2, -0.15) is 52.7 Å². The molecule has 0 spiro atoms. The molecule has 1 fully saturated rings. The molecule has 1 rings (SSSR count). The Morgan fingerprint density at radius 2 is 1.00 bits per heavy atom. The zero-order chi connectivity index (χ0) is 23.0. The van der Waals surface area contributed by atoms with Crippen LogP contribution in [0.1, 0.15) is 27.2 Å². The van der Waals surface area contributed by atoms with E-state index in [-0.39, 0.29) is 0 Å². The van der Waals surface area contributed by atoms with Crippen molar-refractivity contribution in [2.24, 2.45) is 5.41 Å². The van der Waals surface area contributed by atoms with Crippen molar-refractivity contribution in [1.82, 2.24) is 0 Å². The van der Waals surface area contributed by atoms with E-state index < -0.39 is 59.2 Å². The Labute approximate surface area is 148 Å². The predicted octanol–water partition coefficient (Wildman–Crippen LogP) is 5.46. The molecule has 166 valence electrons. The summed E-state index contributed by atoms with van der Waals surface area (Å²) in [7, 11) is 0. The van der Waals surface area contributed by atoms with Gasteiger partial charge in [-0.15, -0.1) is 0 Å². The van der Waals surface area contributed by atoms with Crippen molar-refractivity contribution >= 4 is 5.97 Å². The molecule has 0 saturated heterocycles. The van der Waals surface area contributed by atoms with Gasteiger partial charge >= 0.3 is 47.4 Å². The number of rotatable bonds is 4. The first-order valence-corrected chi connectivity index (χ1v) is 7.13. The standard InChI is InChI=1S/C13H11F13O2/c1-4-6(2,3)5(27)28-13(25,26)7(14)8(15,16)10(19,20)12(23,24)11(21,22)9(7,17)18/h4H2,1-3H3. The normalized spacial score (nSPS) is 27.1. The number of carbonyl (C=O) groups is 1. The largest absolute Gasteiger partial charge is 0.448 e. The molecule has 0 aromatic rings. The van der Waals surface area contributed by atoms with Gasteiger partial charge in [0.2, 0.25) is 0 Å². The highest BCUT2D eigenvalue weighted by Crippen LogP contribution is 2.72. The highest BCUT2D eigenvalue weighted by atomic mass is 19.4. The van der Waals surface area contributed by atoms with Crippen LogP contribution in [0, 0.1) is 5.41 Å². The summed E-state index contributed by atoms with van der Waals surface area (Å²) in [5, 5.41) is 0. The van der Waals surface area contributed by atoms with Gasteiger partial charge in [-0.3, -0.25) is 4.79 Å². The maximum absolute atomic E-state index is 14.3. The number of alkyl halides is 13. The molecule has 0 N–H and O–H groups in total. The second kappa shape index (κ2) is 5.80. The molecule has 0 unspecified atom stereocenters. The van der Waals surface area contributed by atoms with Crippen molar-refractivity contribution in [2.75, 3.05) is 0 Å². The van der Waals surface area contributed by atoms with E-state index in [2.05, 4.69) is 4.74 Å². The van der Waals surface area contributed by atoms with Crippen LogP contribution in [0.4, 0.5) is 57.1 Å². The van der Waals surface area contributed by atoms with E-state index in [1.54, 1.807) is 0 Å². The van der Waals surface area contributed by atoms with E-state index in [0.717, 1.165) is 20.8 Å². The maximum atomic E-state index is 14.3. The number of carbonyl (C=O) groups excluding carboxylic acids is 1. The van der Waals surface area contributed by atoms with Crippen molar-refractivity contribution in [3.8, 4) is 0 Å². The first-order valence-electron chi connectivity index (χ1n) is 7.13. The average molecular weight is 446 g/mol. The molecule has 0 radical (unpaired) electrons. The lowest BCUT2D eigenvalue weighted by Gasteiger charge is -2.53. The molecule has 15 heteroatoms. The van der Waals surface area contributed by atoms with Crippen LogP contribution in [-0.2, 0) is 9.53 Å². The molecule has 0 aliphatic heterocycles. The third-order valence-electron chi connectivity index (χ3n) is 4.50. The highest BCUT2D eigenvalue weighted by molar-refractivity contribution is 5.76. The third-order valence-corrected chi connectivity index (χ3v) is 4.50. The highest BCUT2D eigenvalue weighted by Gasteiger charge is 3.06. The van der Waals surface area contributed by atoms with Crippen molar-refractivity contribution in [3.05, 3.63) is 0 Å². The second-order valence-corrected chi connectivity index (χ2v) is 6.67. The van der Waals surface area contributed by atoms with E-state index in [1.165, 1.54) is 0 Å². The first kappa shape index (κ1) is 24.6. The van der Waals surface area contributed by atoms with Crippen LogP contribution in [0.5, 0.6) is 0 Å². The molecule has 0 heterocycles. The van der Waals surface area contributed by atoms with Gasteiger partial charge in [0, 0.05) is 0 Å². The summed E-state index contributed by atoms with van der Waals surface area (Å²) in [5.74, 6) is -41.1. The summed E-state index contributed by atoms with van der Waals surface area (Å²) < 4.78 is 178. The van der Waals surface area contributed by atoms with Crippen molar-refractivity contribution in [3.63, 3.8) is 0 Å². The maximum Gasteiger partial charge on any atom is 0.448 e. The van der Waals surface area contributed by atoms with Crippen LogP contribution >= 0.6 is 0 Å². The van der Waals surface area contributed by atoms with Gasteiger partial charge in [-0.05, 0) is 20.3 Å². The SMILES string of the molecule is CCC(C)(C)C(=O)OC(F)(F)C1(F)C(F)(F)C(F)(F)C(F)(F)C(F)(F)C1(F)F. The summed E-state index contributed by atoms with van der Waals surface area (Å²) >= 11 is 0. The number of ether oxygens (including phenoxy) is 1. The molecule has 0 amide bonds. The van der Waals surface area contributed by atoms with E-state index in [9.17, 15) is 61.9 Å².